The summed E-state index contributed by atoms with van der Waals surface area (Å²) in [5.74, 6) is 0.504. The van der Waals surface area contributed by atoms with Gasteiger partial charge < -0.3 is 10.1 Å². The maximum absolute atomic E-state index is 13.0. The summed E-state index contributed by atoms with van der Waals surface area (Å²) < 4.78 is 33.1. The Morgan fingerprint density at radius 1 is 1.03 bits per heavy atom. The number of carbonyl (C=O) groups is 1. The molecule has 0 aliphatic carbocycles. The van der Waals surface area contributed by atoms with Crippen molar-refractivity contribution in [1.29, 1.82) is 0 Å². The Hall–Kier alpha value is -2.38. The number of hydrogen-bond acceptors (Lipinski definition) is 5. The SMILES string of the molecule is CCOc1ccccc1NCC(=O)c1cccc(S(=O)(=O)N2CCCCCC2)c1. The smallest absolute Gasteiger partial charge is 0.243 e. The van der Waals surface area contributed by atoms with E-state index < -0.39 is 10.0 Å². The van der Waals surface area contributed by atoms with E-state index in [1.807, 2.05) is 31.2 Å². The van der Waals surface area contributed by atoms with Crippen LogP contribution in [0.2, 0.25) is 0 Å². The third kappa shape index (κ3) is 5.36. The zero-order chi connectivity index (χ0) is 20.7. The molecular weight excluding hydrogens is 388 g/mol. The Morgan fingerprint density at radius 3 is 2.48 bits per heavy atom. The van der Waals surface area contributed by atoms with E-state index in [2.05, 4.69) is 5.32 Å². The van der Waals surface area contributed by atoms with Crippen molar-refractivity contribution in [1.82, 2.24) is 4.31 Å². The number of nitrogens with one attached hydrogen (secondary N) is 1. The van der Waals surface area contributed by atoms with Crippen LogP contribution >= 0.6 is 0 Å². The lowest BCUT2D eigenvalue weighted by atomic mass is 10.1. The fourth-order valence-corrected chi connectivity index (χ4v) is 5.00. The van der Waals surface area contributed by atoms with Crippen LogP contribution in [0.1, 0.15) is 43.0 Å². The van der Waals surface area contributed by atoms with Gasteiger partial charge in [0.05, 0.1) is 23.7 Å². The van der Waals surface area contributed by atoms with Crippen LogP contribution in [0.15, 0.2) is 53.4 Å². The van der Waals surface area contributed by atoms with Crippen molar-refractivity contribution in [2.45, 2.75) is 37.5 Å². The Morgan fingerprint density at radius 2 is 1.76 bits per heavy atom. The molecule has 156 valence electrons. The molecule has 0 spiro atoms. The van der Waals surface area contributed by atoms with Crippen molar-refractivity contribution in [3.05, 3.63) is 54.1 Å². The van der Waals surface area contributed by atoms with Crippen molar-refractivity contribution in [2.75, 3.05) is 31.6 Å². The molecule has 29 heavy (non-hydrogen) atoms. The number of benzene rings is 2. The molecule has 1 saturated heterocycles. The lowest BCUT2D eigenvalue weighted by Crippen LogP contribution is -2.32. The first-order valence-corrected chi connectivity index (χ1v) is 11.6. The van der Waals surface area contributed by atoms with E-state index >= 15 is 0 Å². The van der Waals surface area contributed by atoms with Gasteiger partial charge in [0.15, 0.2) is 5.78 Å². The molecule has 0 amide bonds. The lowest BCUT2D eigenvalue weighted by molar-refractivity contribution is 0.101. The van der Waals surface area contributed by atoms with Crippen molar-refractivity contribution < 1.29 is 17.9 Å². The summed E-state index contributed by atoms with van der Waals surface area (Å²) >= 11 is 0. The molecule has 0 saturated carbocycles. The maximum Gasteiger partial charge on any atom is 0.243 e. The van der Waals surface area contributed by atoms with Gasteiger partial charge in [-0.05, 0) is 44.0 Å². The van der Waals surface area contributed by atoms with Crippen LogP contribution in [0.3, 0.4) is 0 Å². The second-order valence-corrected chi connectivity index (χ2v) is 8.99. The van der Waals surface area contributed by atoms with Gasteiger partial charge in [-0.1, -0.05) is 37.1 Å². The van der Waals surface area contributed by atoms with Crippen molar-refractivity contribution in [2.24, 2.45) is 0 Å². The van der Waals surface area contributed by atoms with E-state index in [-0.39, 0.29) is 17.2 Å². The Bertz CT molecular complexity index is 935. The summed E-state index contributed by atoms with van der Waals surface area (Å²) in [6.45, 7) is 3.56. The molecule has 0 atom stereocenters. The number of Topliss-reactive ketones (excluding diaryl/α,β-unsaturated/α-hetero) is 1. The second-order valence-electron chi connectivity index (χ2n) is 7.05. The average molecular weight is 417 g/mol. The Labute approximate surface area is 172 Å². The van der Waals surface area contributed by atoms with Crippen LogP contribution in [0.4, 0.5) is 5.69 Å². The van der Waals surface area contributed by atoms with E-state index in [1.54, 1.807) is 22.5 Å². The van der Waals surface area contributed by atoms with Gasteiger partial charge in [0.25, 0.3) is 0 Å². The van der Waals surface area contributed by atoms with Gasteiger partial charge >= 0.3 is 0 Å². The van der Waals surface area contributed by atoms with Gasteiger partial charge in [0.2, 0.25) is 10.0 Å². The first-order valence-electron chi connectivity index (χ1n) is 10.1. The highest BCUT2D eigenvalue weighted by Crippen LogP contribution is 2.24. The van der Waals surface area contributed by atoms with Gasteiger partial charge in [-0.3, -0.25) is 4.79 Å². The number of ether oxygens (including phenoxy) is 1. The first kappa shape index (κ1) is 21.3. The van der Waals surface area contributed by atoms with Gasteiger partial charge in [0, 0.05) is 18.7 Å². The summed E-state index contributed by atoms with van der Waals surface area (Å²) in [6, 6.07) is 13.8. The second kappa shape index (κ2) is 9.89. The topological polar surface area (TPSA) is 75.7 Å². The van der Waals surface area contributed by atoms with E-state index in [0.717, 1.165) is 31.4 Å². The summed E-state index contributed by atoms with van der Waals surface area (Å²) in [6.07, 6.45) is 3.86. The third-order valence-electron chi connectivity index (χ3n) is 4.99. The van der Waals surface area contributed by atoms with Crippen LogP contribution < -0.4 is 10.1 Å². The number of rotatable bonds is 8. The van der Waals surface area contributed by atoms with Crippen molar-refractivity contribution >= 4 is 21.5 Å². The minimum atomic E-state index is -3.58. The van der Waals surface area contributed by atoms with Gasteiger partial charge in [0.1, 0.15) is 5.75 Å². The molecule has 2 aromatic carbocycles. The van der Waals surface area contributed by atoms with Crippen LogP contribution in [0.25, 0.3) is 0 Å². The summed E-state index contributed by atoms with van der Waals surface area (Å²) in [4.78, 5) is 12.9. The molecular formula is C22H28N2O4S. The zero-order valence-electron chi connectivity index (χ0n) is 16.8. The largest absolute Gasteiger partial charge is 0.492 e. The lowest BCUT2D eigenvalue weighted by Gasteiger charge is -2.20. The Balaban J connectivity index is 1.73. The molecule has 1 aliphatic rings. The van der Waals surface area contributed by atoms with E-state index in [9.17, 15) is 13.2 Å². The highest BCUT2D eigenvalue weighted by Gasteiger charge is 2.25. The molecule has 0 bridgehead atoms. The molecule has 0 radical (unpaired) electrons. The van der Waals surface area contributed by atoms with E-state index in [1.165, 1.54) is 6.07 Å². The van der Waals surface area contributed by atoms with Crippen molar-refractivity contribution in [3.63, 3.8) is 0 Å². The Kier molecular flexibility index (Phi) is 7.28. The van der Waals surface area contributed by atoms with Gasteiger partial charge in [-0.15, -0.1) is 0 Å². The number of nitrogens with zero attached hydrogens (tertiary/aromatic N) is 1. The molecule has 3 rings (SSSR count). The minimum absolute atomic E-state index is 0.0529. The van der Waals surface area contributed by atoms with Crippen LogP contribution in [-0.4, -0.2) is 44.7 Å². The van der Waals surface area contributed by atoms with E-state index in [0.29, 0.717) is 31.0 Å². The molecule has 2 aromatic rings. The highest BCUT2D eigenvalue weighted by molar-refractivity contribution is 7.89. The van der Waals surface area contributed by atoms with E-state index in [4.69, 9.17) is 4.74 Å². The van der Waals surface area contributed by atoms with Gasteiger partial charge in [-0.25, -0.2) is 8.42 Å². The number of hydrogen-bond donors (Lipinski definition) is 1. The van der Waals surface area contributed by atoms with Crippen molar-refractivity contribution in [3.8, 4) is 5.75 Å². The fourth-order valence-electron chi connectivity index (χ4n) is 3.43. The third-order valence-corrected chi connectivity index (χ3v) is 6.88. The molecule has 1 N–H and O–H groups in total. The standard InChI is InChI=1S/C22H28N2O4S/c1-2-28-22-13-6-5-12-20(22)23-17-21(25)18-10-9-11-19(16-18)29(26,27)24-14-7-3-4-8-15-24/h5-6,9-13,16,23H,2-4,7-8,14-15,17H2,1H3. The van der Waals surface area contributed by atoms with Crippen LogP contribution in [-0.2, 0) is 10.0 Å². The van der Waals surface area contributed by atoms with Gasteiger partial charge in [-0.2, -0.15) is 4.31 Å². The maximum atomic E-state index is 13.0. The molecule has 0 aromatic heterocycles. The number of sulfonamides is 1. The molecule has 1 aliphatic heterocycles. The minimum Gasteiger partial charge on any atom is -0.492 e. The average Bonchev–Trinajstić information content (AvgIpc) is 3.03. The zero-order valence-corrected chi connectivity index (χ0v) is 17.6. The predicted molar refractivity (Wildman–Crippen MR) is 114 cm³/mol. The molecule has 1 fully saturated rings. The fraction of sp³-hybridized carbons (Fsp3) is 0.409. The summed E-state index contributed by atoms with van der Waals surface area (Å²) in [5.41, 5.74) is 1.11. The molecule has 7 heteroatoms. The quantitative estimate of drug-likeness (QED) is 0.660. The monoisotopic (exact) mass is 416 g/mol. The number of carbonyl (C=O) groups excluding carboxylic acids is 1. The molecule has 0 unspecified atom stereocenters. The van der Waals surface area contributed by atoms with Crippen LogP contribution in [0, 0.1) is 0 Å². The number of para-hydroxylation sites is 2. The summed E-state index contributed by atoms with van der Waals surface area (Å²) in [5, 5.41) is 3.09. The number of anilines is 1. The molecule has 6 nitrogen and oxygen atoms in total. The highest BCUT2D eigenvalue weighted by atomic mass is 32.2. The normalized spacial score (nSPS) is 15.5. The number of ketones is 1. The predicted octanol–water partition coefficient (Wildman–Crippen LogP) is 3.94. The molecule has 1 heterocycles. The van der Waals surface area contributed by atoms with Crippen LogP contribution in [0.5, 0.6) is 5.75 Å². The first-order chi connectivity index (χ1) is 14.0. The summed E-state index contributed by atoms with van der Waals surface area (Å²) in [7, 11) is -3.58.